The zero-order valence-corrected chi connectivity index (χ0v) is 13.4. The highest BCUT2D eigenvalue weighted by Crippen LogP contribution is 2.44. The van der Waals surface area contributed by atoms with Crippen molar-refractivity contribution in [2.45, 2.75) is 0 Å². The SMILES string of the molecule is COC(=O)c1ccc(-c2cc(Cl)c(Cl)c([N+](=O)[O-])c2Cl)cc1. The lowest BCUT2D eigenvalue weighted by Gasteiger charge is -2.09. The third kappa shape index (κ3) is 3.02. The van der Waals surface area contributed by atoms with Crippen LogP contribution < -0.4 is 0 Å². The second-order valence-corrected chi connectivity index (χ2v) is 5.37. The number of nitro benzene ring substituents is 1. The maximum absolute atomic E-state index is 11.4. The predicted molar refractivity (Wildman–Crippen MR) is 84.9 cm³/mol. The molecule has 8 heteroatoms. The van der Waals surface area contributed by atoms with E-state index in [1.807, 2.05) is 0 Å². The zero-order chi connectivity index (χ0) is 16.4. The zero-order valence-electron chi connectivity index (χ0n) is 11.1. The fourth-order valence-corrected chi connectivity index (χ4v) is 2.66. The monoisotopic (exact) mass is 359 g/mol. The third-order valence-electron chi connectivity index (χ3n) is 2.93. The summed E-state index contributed by atoms with van der Waals surface area (Å²) in [5.74, 6) is -0.488. The van der Waals surface area contributed by atoms with Gasteiger partial charge in [-0.3, -0.25) is 10.1 Å². The summed E-state index contributed by atoms with van der Waals surface area (Å²) < 4.78 is 4.60. The maximum Gasteiger partial charge on any atom is 0.337 e. The average molecular weight is 361 g/mol. The van der Waals surface area contributed by atoms with Crippen molar-refractivity contribution >= 4 is 46.5 Å². The number of methoxy groups -OCH3 is 1. The summed E-state index contributed by atoms with van der Waals surface area (Å²) in [4.78, 5) is 21.8. The molecule has 0 radical (unpaired) electrons. The number of hydrogen-bond acceptors (Lipinski definition) is 4. The van der Waals surface area contributed by atoms with E-state index in [0.717, 1.165) is 0 Å². The Morgan fingerprint density at radius 1 is 1.14 bits per heavy atom. The molecular formula is C14H8Cl3NO4. The van der Waals surface area contributed by atoms with Crippen LogP contribution in [0.4, 0.5) is 5.69 Å². The second-order valence-electron chi connectivity index (χ2n) is 4.21. The van der Waals surface area contributed by atoms with Gasteiger partial charge in [0.1, 0.15) is 10.0 Å². The summed E-state index contributed by atoms with van der Waals surface area (Å²) in [5.41, 5.74) is 0.790. The molecule has 0 fully saturated rings. The van der Waals surface area contributed by atoms with Crippen LogP contribution in [0.5, 0.6) is 0 Å². The summed E-state index contributed by atoms with van der Waals surface area (Å²) in [7, 11) is 1.27. The van der Waals surface area contributed by atoms with E-state index in [4.69, 9.17) is 34.8 Å². The third-order valence-corrected chi connectivity index (χ3v) is 4.09. The molecular weight excluding hydrogens is 353 g/mol. The number of carbonyl (C=O) groups excluding carboxylic acids is 1. The van der Waals surface area contributed by atoms with Crippen LogP contribution in [0.15, 0.2) is 30.3 Å². The van der Waals surface area contributed by atoms with E-state index < -0.39 is 16.6 Å². The molecule has 0 aliphatic heterocycles. The van der Waals surface area contributed by atoms with Crippen LogP contribution in [0, 0.1) is 10.1 Å². The van der Waals surface area contributed by atoms with Crippen LogP contribution in [-0.4, -0.2) is 18.0 Å². The molecule has 0 heterocycles. The van der Waals surface area contributed by atoms with Gasteiger partial charge in [-0.1, -0.05) is 46.9 Å². The van der Waals surface area contributed by atoms with E-state index in [-0.39, 0.29) is 15.1 Å². The van der Waals surface area contributed by atoms with Crippen LogP contribution in [0.25, 0.3) is 11.1 Å². The Bertz CT molecular complexity index is 760. The van der Waals surface area contributed by atoms with Crippen molar-refractivity contribution in [3.05, 3.63) is 61.1 Å². The normalized spacial score (nSPS) is 10.4. The lowest BCUT2D eigenvalue weighted by Crippen LogP contribution is -2.00. The molecule has 0 aliphatic carbocycles. The van der Waals surface area contributed by atoms with Crippen molar-refractivity contribution in [2.75, 3.05) is 7.11 Å². The van der Waals surface area contributed by atoms with E-state index in [1.165, 1.54) is 25.3 Å². The summed E-state index contributed by atoms with van der Waals surface area (Å²) >= 11 is 17.8. The van der Waals surface area contributed by atoms with Gasteiger partial charge in [0.05, 0.1) is 22.6 Å². The molecule has 0 bridgehead atoms. The van der Waals surface area contributed by atoms with Crippen LogP contribution in [0.1, 0.15) is 10.4 Å². The average Bonchev–Trinajstić information content (AvgIpc) is 2.50. The Kier molecular flexibility index (Phi) is 4.90. The predicted octanol–water partition coefficient (Wildman–Crippen LogP) is 5.01. The molecule has 0 amide bonds. The van der Waals surface area contributed by atoms with Gasteiger partial charge in [-0.25, -0.2) is 4.79 Å². The molecule has 0 atom stereocenters. The first-order valence-corrected chi connectivity index (χ1v) is 7.00. The molecule has 0 aliphatic rings. The first-order chi connectivity index (χ1) is 10.4. The van der Waals surface area contributed by atoms with E-state index in [1.54, 1.807) is 12.1 Å². The topological polar surface area (TPSA) is 69.4 Å². The van der Waals surface area contributed by atoms with Gasteiger partial charge in [-0.2, -0.15) is 0 Å². The van der Waals surface area contributed by atoms with Crippen molar-refractivity contribution in [3.63, 3.8) is 0 Å². The molecule has 0 saturated carbocycles. The minimum atomic E-state index is -0.692. The minimum Gasteiger partial charge on any atom is -0.465 e. The first-order valence-electron chi connectivity index (χ1n) is 5.87. The Labute approximate surface area is 140 Å². The van der Waals surface area contributed by atoms with Gasteiger partial charge in [-0.05, 0) is 23.8 Å². The Morgan fingerprint density at radius 3 is 2.23 bits per heavy atom. The Hall–Kier alpha value is -1.82. The molecule has 0 N–H and O–H groups in total. The van der Waals surface area contributed by atoms with Gasteiger partial charge >= 0.3 is 11.7 Å². The largest absolute Gasteiger partial charge is 0.465 e. The number of nitrogens with zero attached hydrogens (tertiary/aromatic N) is 1. The van der Waals surface area contributed by atoms with Crippen LogP contribution in [-0.2, 0) is 4.74 Å². The number of rotatable bonds is 3. The molecule has 0 spiro atoms. The second kappa shape index (κ2) is 6.52. The molecule has 2 aromatic carbocycles. The number of ether oxygens (including phenoxy) is 1. The van der Waals surface area contributed by atoms with Gasteiger partial charge in [0.15, 0.2) is 0 Å². The summed E-state index contributed by atoms with van der Waals surface area (Å²) in [6, 6.07) is 7.65. The Morgan fingerprint density at radius 2 is 1.73 bits per heavy atom. The van der Waals surface area contributed by atoms with Crippen molar-refractivity contribution in [2.24, 2.45) is 0 Å². The number of esters is 1. The highest BCUT2D eigenvalue weighted by Gasteiger charge is 2.24. The fourth-order valence-electron chi connectivity index (χ4n) is 1.86. The fraction of sp³-hybridized carbons (Fsp3) is 0.0714. The molecule has 114 valence electrons. The van der Waals surface area contributed by atoms with Gasteiger partial charge in [-0.15, -0.1) is 0 Å². The first kappa shape index (κ1) is 16.5. The van der Waals surface area contributed by atoms with Crippen LogP contribution in [0.2, 0.25) is 15.1 Å². The standard InChI is InChI=1S/C14H8Cl3NO4/c1-22-14(19)8-4-2-7(3-5-8)9-6-10(15)12(17)13(11(9)16)18(20)21/h2-6H,1H3. The van der Waals surface area contributed by atoms with Crippen molar-refractivity contribution in [3.8, 4) is 11.1 Å². The summed E-state index contributed by atoms with van der Waals surface area (Å²) in [6.07, 6.45) is 0. The summed E-state index contributed by atoms with van der Waals surface area (Å²) in [5, 5.41) is 10.8. The highest BCUT2D eigenvalue weighted by atomic mass is 35.5. The van der Waals surface area contributed by atoms with Gasteiger partial charge < -0.3 is 4.74 Å². The molecule has 0 saturated heterocycles. The number of halogens is 3. The molecule has 5 nitrogen and oxygen atoms in total. The lowest BCUT2D eigenvalue weighted by molar-refractivity contribution is -0.384. The molecule has 0 unspecified atom stereocenters. The summed E-state index contributed by atoms with van der Waals surface area (Å²) in [6.45, 7) is 0. The molecule has 2 aromatic rings. The highest BCUT2D eigenvalue weighted by molar-refractivity contribution is 6.46. The number of nitro groups is 1. The van der Waals surface area contributed by atoms with Crippen LogP contribution >= 0.6 is 34.8 Å². The van der Waals surface area contributed by atoms with Crippen molar-refractivity contribution in [1.82, 2.24) is 0 Å². The molecule has 0 aromatic heterocycles. The van der Waals surface area contributed by atoms with Gasteiger partial charge in [0.25, 0.3) is 0 Å². The quantitative estimate of drug-likeness (QED) is 0.334. The van der Waals surface area contributed by atoms with Gasteiger partial charge in [0.2, 0.25) is 0 Å². The van der Waals surface area contributed by atoms with E-state index >= 15 is 0 Å². The van der Waals surface area contributed by atoms with Crippen molar-refractivity contribution in [1.29, 1.82) is 0 Å². The van der Waals surface area contributed by atoms with E-state index in [2.05, 4.69) is 4.74 Å². The Balaban J connectivity index is 2.58. The maximum atomic E-state index is 11.4. The van der Waals surface area contributed by atoms with E-state index in [9.17, 15) is 14.9 Å². The van der Waals surface area contributed by atoms with Gasteiger partial charge in [0, 0.05) is 5.56 Å². The van der Waals surface area contributed by atoms with Crippen LogP contribution in [0.3, 0.4) is 0 Å². The molecule has 2 rings (SSSR count). The smallest absolute Gasteiger partial charge is 0.337 e. The lowest BCUT2D eigenvalue weighted by atomic mass is 10.0. The van der Waals surface area contributed by atoms with Crippen molar-refractivity contribution < 1.29 is 14.5 Å². The molecule has 22 heavy (non-hydrogen) atoms. The number of benzene rings is 2. The number of carbonyl (C=O) groups is 1. The number of hydrogen-bond donors (Lipinski definition) is 0. The van der Waals surface area contributed by atoms with E-state index in [0.29, 0.717) is 16.7 Å². The minimum absolute atomic E-state index is 0.0183.